The summed E-state index contributed by atoms with van der Waals surface area (Å²) in [5.74, 6) is 0.656. The first kappa shape index (κ1) is 49.4. The summed E-state index contributed by atoms with van der Waals surface area (Å²) in [5.41, 5.74) is 10.9. The molecule has 316 valence electrons. The van der Waals surface area contributed by atoms with Gasteiger partial charge in [-0.3, -0.25) is 0 Å². The summed E-state index contributed by atoms with van der Waals surface area (Å²) in [5, 5.41) is 6.77. The summed E-state index contributed by atoms with van der Waals surface area (Å²) in [4.78, 5) is 0. The molecule has 0 aliphatic carbocycles. The lowest BCUT2D eigenvalue weighted by atomic mass is 9.71. The van der Waals surface area contributed by atoms with Crippen molar-refractivity contribution in [3.8, 4) is 0 Å². The van der Waals surface area contributed by atoms with E-state index in [1.807, 2.05) is 0 Å². The fourth-order valence-electron chi connectivity index (χ4n) is 11.3. The number of hydrogen-bond donors (Lipinski definition) is 0. The van der Waals surface area contributed by atoms with Crippen molar-refractivity contribution >= 4 is 66.9 Å². The van der Waals surface area contributed by atoms with Gasteiger partial charge in [-0.25, -0.2) is 0 Å². The minimum absolute atomic E-state index is 0.0105. The molecule has 1 aliphatic heterocycles. The molecule has 56 heavy (non-hydrogen) atoms. The van der Waals surface area contributed by atoms with Crippen molar-refractivity contribution in [1.29, 1.82) is 0 Å². The number of benzene rings is 2. The molecule has 2 aromatic rings. The van der Waals surface area contributed by atoms with Crippen LogP contribution in [-0.2, 0) is 25.7 Å². The van der Waals surface area contributed by atoms with Gasteiger partial charge in [0.25, 0.3) is 0 Å². The minimum atomic E-state index is -1.76. The van der Waals surface area contributed by atoms with Crippen LogP contribution in [0.4, 0.5) is 0 Å². The van der Waals surface area contributed by atoms with Gasteiger partial charge in [-0.2, -0.15) is 0 Å². The van der Waals surface area contributed by atoms with Crippen molar-refractivity contribution in [3.63, 3.8) is 0 Å². The quantitative estimate of drug-likeness (QED) is 0.211. The van der Waals surface area contributed by atoms with Crippen molar-refractivity contribution < 1.29 is 9.41 Å². The van der Waals surface area contributed by atoms with E-state index in [1.165, 1.54) is 22.2 Å². The zero-order valence-electron chi connectivity index (χ0n) is 41.9. The normalized spacial score (nSPS) is 15.9. The highest BCUT2D eigenvalue weighted by atomic mass is 28.4. The van der Waals surface area contributed by atoms with Crippen LogP contribution in [0, 0.1) is 0 Å². The fourth-order valence-corrected chi connectivity index (χ4v) is 49.5. The molecular formula is C46H88BNO2Si6. The molecule has 2 aromatic carbocycles. The number of rotatable bonds is 11. The van der Waals surface area contributed by atoms with E-state index < -0.39 is 55.6 Å². The van der Waals surface area contributed by atoms with Gasteiger partial charge in [-0.15, -0.1) is 0 Å². The molecule has 0 aromatic heterocycles. The second-order valence-electron chi connectivity index (χ2n) is 27.3. The first-order chi connectivity index (χ1) is 24.5. The van der Waals surface area contributed by atoms with Gasteiger partial charge in [-0.05, 0) is 65.1 Å². The Morgan fingerprint density at radius 3 is 1.05 bits per heavy atom. The van der Waals surface area contributed by atoms with Crippen LogP contribution < -0.4 is 5.46 Å². The van der Waals surface area contributed by atoms with Crippen LogP contribution in [0.2, 0.25) is 118 Å². The fraction of sp³-hybridized carbons (Fsp3) is 0.717. The molecule has 0 spiro atoms. The lowest BCUT2D eigenvalue weighted by Gasteiger charge is -2.45. The molecule has 1 heterocycles. The molecule has 0 fully saturated rings. The maximum Gasteiger partial charge on any atom is 0.655 e. The van der Waals surface area contributed by atoms with Gasteiger partial charge < -0.3 is 9.41 Å². The van der Waals surface area contributed by atoms with E-state index in [1.54, 1.807) is 16.7 Å². The van der Waals surface area contributed by atoms with Crippen molar-refractivity contribution in [2.24, 2.45) is 5.16 Å². The molecule has 10 heteroatoms. The summed E-state index contributed by atoms with van der Waals surface area (Å²) in [6, 6.07) is 10.4. The summed E-state index contributed by atoms with van der Waals surface area (Å²) in [7, 11) is -10.8. The van der Waals surface area contributed by atoms with Crippen LogP contribution in [0.5, 0.6) is 0 Å². The minimum Gasteiger partial charge on any atom is -0.504 e. The zero-order valence-corrected chi connectivity index (χ0v) is 47.9. The van der Waals surface area contributed by atoms with Gasteiger partial charge in [-0.1, -0.05) is 210 Å². The summed E-state index contributed by atoms with van der Waals surface area (Å²) >= 11 is 0. The molecule has 0 saturated heterocycles. The molecule has 3 nitrogen and oxygen atoms in total. The number of oxime groups is 1. The first-order valence-electron chi connectivity index (χ1n) is 21.8. The second-order valence-corrected chi connectivity index (χ2v) is 60.8. The van der Waals surface area contributed by atoms with Gasteiger partial charge in [0.15, 0.2) is 0 Å². The van der Waals surface area contributed by atoms with E-state index in [4.69, 9.17) is 14.6 Å². The maximum atomic E-state index is 7.40. The molecule has 0 bridgehead atoms. The van der Waals surface area contributed by atoms with Crippen molar-refractivity contribution in [3.05, 3.63) is 63.2 Å². The van der Waals surface area contributed by atoms with Gasteiger partial charge in [0, 0.05) is 59.5 Å². The molecule has 0 radical (unpaired) electrons. The Kier molecular flexibility index (Phi) is 13.7. The Morgan fingerprint density at radius 1 is 0.464 bits per heavy atom. The standard InChI is InChI=1S/C46H88BNO2Si6/c1-44(2,3)33-30-36(45(4,5)6)38(37(31-33)46(7,8)9)40-48-50-47(49-40)39-34(42(53(16,17)18)54(19,20)21)28-32(41(51(10,11)12)52(13,14)15)29-35(39)43(55(22,23)24)56(25,26)27/h28-31,41-43H,1-27H3. The molecule has 0 atom stereocenters. The molecule has 0 N–H and O–H groups in total. The largest absolute Gasteiger partial charge is 0.655 e. The third-order valence-electron chi connectivity index (χ3n) is 11.9. The monoisotopic (exact) mass is 866 g/mol. The molecule has 0 unspecified atom stereocenters. The molecule has 0 saturated carbocycles. The molecule has 0 amide bonds. The van der Waals surface area contributed by atoms with Gasteiger partial charge in [0.2, 0.25) is 5.90 Å². The first-order valence-corrected chi connectivity index (χ1v) is 43.2. The number of nitrogens with zero attached hydrogens (tertiary/aromatic N) is 1. The van der Waals surface area contributed by atoms with E-state index in [-0.39, 0.29) is 16.2 Å². The summed E-state index contributed by atoms with van der Waals surface area (Å²) < 4.78 is 14.3. The smallest absolute Gasteiger partial charge is 0.504 e. The third-order valence-corrected chi connectivity index (χ3v) is 39.8. The Balaban J connectivity index is 2.64. The lowest BCUT2D eigenvalue weighted by molar-refractivity contribution is 0.340. The van der Waals surface area contributed by atoms with Crippen molar-refractivity contribution in [1.82, 2.24) is 0 Å². The van der Waals surface area contributed by atoms with Crippen molar-refractivity contribution in [2.45, 2.75) is 212 Å². The second kappa shape index (κ2) is 15.5. The van der Waals surface area contributed by atoms with Crippen LogP contribution in [0.15, 0.2) is 29.4 Å². The van der Waals surface area contributed by atoms with Crippen LogP contribution in [0.25, 0.3) is 0 Å². The van der Waals surface area contributed by atoms with E-state index in [2.05, 4.69) is 204 Å². The highest BCUT2D eigenvalue weighted by Crippen LogP contribution is 2.45. The van der Waals surface area contributed by atoms with Gasteiger partial charge in [0.05, 0.1) is 0 Å². The predicted octanol–water partition coefficient (Wildman–Crippen LogP) is 14.2. The topological polar surface area (TPSA) is 30.8 Å². The average molecular weight is 867 g/mol. The van der Waals surface area contributed by atoms with Crippen LogP contribution >= 0.6 is 0 Å². The average Bonchev–Trinajstić information content (AvgIpc) is 3.35. The summed E-state index contributed by atoms with van der Waals surface area (Å²) in [6.45, 7) is 68.2. The zero-order chi connectivity index (χ0) is 44.0. The van der Waals surface area contributed by atoms with E-state index in [9.17, 15) is 0 Å². The van der Waals surface area contributed by atoms with E-state index >= 15 is 0 Å². The molecule has 3 rings (SSSR count). The van der Waals surface area contributed by atoms with E-state index in [0.29, 0.717) is 21.4 Å². The van der Waals surface area contributed by atoms with Crippen LogP contribution in [0.1, 0.15) is 117 Å². The predicted molar refractivity (Wildman–Crippen MR) is 271 cm³/mol. The maximum absolute atomic E-state index is 7.40. The van der Waals surface area contributed by atoms with Gasteiger partial charge in [0.1, 0.15) is 0 Å². The third kappa shape index (κ3) is 11.1. The highest BCUT2D eigenvalue weighted by Gasteiger charge is 2.51. The lowest BCUT2D eigenvalue weighted by Crippen LogP contribution is -2.55. The Morgan fingerprint density at radius 2 is 0.786 bits per heavy atom. The van der Waals surface area contributed by atoms with E-state index in [0.717, 1.165) is 5.56 Å². The Hall–Kier alpha value is -0.924. The highest BCUT2D eigenvalue weighted by molar-refractivity contribution is 6.98. The summed E-state index contributed by atoms with van der Waals surface area (Å²) in [6.07, 6.45) is 0. The number of hydrogen-bond acceptors (Lipinski definition) is 3. The molecular weight excluding hydrogens is 778 g/mol. The van der Waals surface area contributed by atoms with Crippen LogP contribution in [-0.4, -0.2) is 61.5 Å². The Labute approximate surface area is 354 Å². The van der Waals surface area contributed by atoms with Gasteiger partial charge >= 0.3 is 7.12 Å². The SMILES string of the molecule is CC(C)(C)c1cc(C(C)(C)C)c(C2=NOB(c3c(C([Si](C)(C)C)[Si](C)(C)C)cc(C([Si](C)(C)C)[Si](C)(C)C)cc3C([Si](C)(C)C)[Si](C)(C)C)O2)c(C(C)(C)C)c1. The molecule has 1 aliphatic rings. The Bertz CT molecular complexity index is 1640. The van der Waals surface area contributed by atoms with Crippen LogP contribution in [0.3, 0.4) is 0 Å². The van der Waals surface area contributed by atoms with Crippen molar-refractivity contribution in [2.75, 3.05) is 0 Å².